The van der Waals surface area contributed by atoms with Crippen molar-refractivity contribution in [3.8, 4) is 5.75 Å². The van der Waals surface area contributed by atoms with Gasteiger partial charge in [0.15, 0.2) is 0 Å². The summed E-state index contributed by atoms with van der Waals surface area (Å²) in [6.07, 6.45) is 7.35. The number of carbonyl (C=O) groups is 1. The van der Waals surface area contributed by atoms with Gasteiger partial charge in [-0.2, -0.15) is 0 Å². The summed E-state index contributed by atoms with van der Waals surface area (Å²) in [6.45, 7) is 7.22. The second-order valence-electron chi connectivity index (χ2n) is 8.21. The van der Waals surface area contributed by atoms with Gasteiger partial charge >= 0.3 is 0 Å². The topological polar surface area (TPSA) is 32.8 Å². The number of carbonyl (C=O) groups excluding carboxylic acids is 1. The molecule has 0 N–H and O–H groups in total. The number of nitrogens with zero attached hydrogens (tertiary/aromatic N) is 2. The average molecular weight is 437 g/mol. The van der Waals surface area contributed by atoms with Gasteiger partial charge in [-0.25, -0.2) is 0 Å². The van der Waals surface area contributed by atoms with E-state index >= 15 is 0 Å². The van der Waals surface area contributed by atoms with Crippen molar-refractivity contribution in [2.75, 3.05) is 39.8 Å². The molecule has 1 atom stereocenters. The molecule has 1 unspecified atom stereocenters. The van der Waals surface area contributed by atoms with Crippen molar-refractivity contribution in [2.45, 2.75) is 45.4 Å². The van der Waals surface area contributed by atoms with Crippen molar-refractivity contribution >= 4 is 21.8 Å². The first-order valence-corrected chi connectivity index (χ1v) is 11.1. The lowest BCUT2D eigenvalue weighted by molar-refractivity contribution is -0.130. The number of piperidine rings is 2. The van der Waals surface area contributed by atoms with E-state index in [1.54, 1.807) is 14.0 Å². The lowest BCUT2D eigenvalue weighted by atomic mass is 9.89. The molecule has 4 nitrogen and oxygen atoms in total. The van der Waals surface area contributed by atoms with Crippen LogP contribution in [0, 0.1) is 11.8 Å². The fourth-order valence-corrected chi connectivity index (χ4v) is 4.92. The Hall–Kier alpha value is -1.07. The zero-order chi connectivity index (χ0) is 19.2. The number of ether oxygens (including phenoxy) is 1. The van der Waals surface area contributed by atoms with Gasteiger partial charge in [-0.15, -0.1) is 0 Å². The number of rotatable bonds is 6. The van der Waals surface area contributed by atoms with Gasteiger partial charge < -0.3 is 14.5 Å². The van der Waals surface area contributed by atoms with Crippen LogP contribution in [0.3, 0.4) is 0 Å². The van der Waals surface area contributed by atoms with E-state index in [0.717, 1.165) is 31.2 Å². The van der Waals surface area contributed by atoms with E-state index in [2.05, 4.69) is 33.0 Å². The predicted octanol–water partition coefficient (Wildman–Crippen LogP) is 4.36. The Balaban J connectivity index is 1.41. The van der Waals surface area contributed by atoms with Crippen LogP contribution in [0.25, 0.3) is 0 Å². The van der Waals surface area contributed by atoms with Gasteiger partial charge in [-0.05, 0) is 93.8 Å². The third-order valence-corrected chi connectivity index (χ3v) is 7.06. The number of likely N-dealkylation sites (tertiary alicyclic amines) is 2. The summed E-state index contributed by atoms with van der Waals surface area (Å²) in [7, 11) is 1.73. The second-order valence-corrected chi connectivity index (χ2v) is 9.06. The van der Waals surface area contributed by atoms with E-state index in [9.17, 15) is 4.79 Å². The molecule has 2 aliphatic rings. The van der Waals surface area contributed by atoms with E-state index in [1.165, 1.54) is 61.8 Å². The van der Waals surface area contributed by atoms with Crippen molar-refractivity contribution in [3.63, 3.8) is 0 Å². The molecule has 2 fully saturated rings. The van der Waals surface area contributed by atoms with E-state index in [4.69, 9.17) is 4.74 Å². The number of benzene rings is 1. The maximum Gasteiger partial charge on any atom is 0.219 e. The maximum absolute atomic E-state index is 11.6. The number of hydrogen-bond donors (Lipinski definition) is 0. The molecule has 3 rings (SSSR count). The highest BCUT2D eigenvalue weighted by Crippen LogP contribution is 2.29. The Bertz CT molecular complexity index is 629. The molecule has 1 aromatic carbocycles. The number of amides is 1. The van der Waals surface area contributed by atoms with E-state index in [1.807, 2.05) is 11.0 Å². The molecular formula is C22H33BrN2O2. The Labute approximate surface area is 172 Å². The third-order valence-electron chi connectivity index (χ3n) is 6.29. The van der Waals surface area contributed by atoms with Gasteiger partial charge in [0, 0.05) is 24.5 Å². The highest BCUT2D eigenvalue weighted by molar-refractivity contribution is 9.10. The summed E-state index contributed by atoms with van der Waals surface area (Å²) in [5.41, 5.74) is 1.36. The molecule has 0 aromatic heterocycles. The lowest BCUT2D eigenvalue weighted by Crippen LogP contribution is -2.40. The van der Waals surface area contributed by atoms with Crippen LogP contribution in [0.1, 0.15) is 44.6 Å². The van der Waals surface area contributed by atoms with Crippen molar-refractivity contribution in [2.24, 2.45) is 11.8 Å². The molecule has 150 valence electrons. The molecule has 0 radical (unpaired) electrons. The van der Waals surface area contributed by atoms with Crippen molar-refractivity contribution < 1.29 is 9.53 Å². The minimum Gasteiger partial charge on any atom is -0.497 e. The molecule has 2 heterocycles. The first-order valence-electron chi connectivity index (χ1n) is 10.4. The van der Waals surface area contributed by atoms with Crippen LogP contribution in [0.2, 0.25) is 0 Å². The van der Waals surface area contributed by atoms with Crippen molar-refractivity contribution in [1.29, 1.82) is 0 Å². The van der Waals surface area contributed by atoms with Crippen molar-refractivity contribution in [1.82, 2.24) is 9.80 Å². The van der Waals surface area contributed by atoms with Gasteiger partial charge in [0.25, 0.3) is 0 Å². The maximum atomic E-state index is 11.6. The van der Waals surface area contributed by atoms with Gasteiger partial charge in [0.2, 0.25) is 5.91 Å². The molecule has 0 aliphatic carbocycles. The number of halogens is 1. The van der Waals surface area contributed by atoms with Crippen LogP contribution in [0.15, 0.2) is 22.7 Å². The largest absolute Gasteiger partial charge is 0.497 e. The third kappa shape index (κ3) is 5.95. The lowest BCUT2D eigenvalue weighted by Gasteiger charge is -2.35. The van der Waals surface area contributed by atoms with Crippen LogP contribution in [0.5, 0.6) is 5.75 Å². The van der Waals surface area contributed by atoms with E-state index in [0.29, 0.717) is 5.92 Å². The van der Waals surface area contributed by atoms with E-state index < -0.39 is 0 Å². The molecule has 27 heavy (non-hydrogen) atoms. The van der Waals surface area contributed by atoms with Gasteiger partial charge in [0.05, 0.1) is 7.11 Å². The molecule has 0 spiro atoms. The molecule has 1 amide bonds. The van der Waals surface area contributed by atoms with Crippen LogP contribution in [-0.4, -0.2) is 55.5 Å². The summed E-state index contributed by atoms with van der Waals surface area (Å²) in [5.74, 6) is 2.63. The van der Waals surface area contributed by atoms with Gasteiger partial charge in [0.1, 0.15) is 5.75 Å². The highest BCUT2D eigenvalue weighted by atomic mass is 79.9. The van der Waals surface area contributed by atoms with Gasteiger partial charge in [-0.1, -0.05) is 15.9 Å². The average Bonchev–Trinajstić information content (AvgIpc) is 2.69. The highest BCUT2D eigenvalue weighted by Gasteiger charge is 2.24. The van der Waals surface area contributed by atoms with Crippen LogP contribution >= 0.6 is 15.9 Å². The van der Waals surface area contributed by atoms with Crippen molar-refractivity contribution in [3.05, 3.63) is 28.2 Å². The first-order chi connectivity index (χ1) is 13.0. The Morgan fingerprint density at radius 3 is 2.67 bits per heavy atom. The molecule has 5 heteroatoms. The molecule has 1 aromatic rings. The molecule has 0 bridgehead atoms. The molecule has 2 aliphatic heterocycles. The summed E-state index contributed by atoms with van der Waals surface area (Å²) < 4.78 is 6.57. The number of hydrogen-bond acceptors (Lipinski definition) is 3. The fraction of sp³-hybridized carbons (Fsp3) is 0.682. The van der Waals surface area contributed by atoms with Crippen LogP contribution in [-0.2, 0) is 11.2 Å². The van der Waals surface area contributed by atoms with E-state index in [-0.39, 0.29) is 5.91 Å². The smallest absolute Gasteiger partial charge is 0.219 e. The second kappa shape index (κ2) is 9.92. The SMILES string of the molecule is COc1ccc(Br)c(CC2CCN(CCC3CCCN(C(C)=O)C3)CC2)c1. The molecular weight excluding hydrogens is 404 g/mol. The summed E-state index contributed by atoms with van der Waals surface area (Å²) in [6, 6.07) is 6.27. The number of methoxy groups -OCH3 is 1. The summed E-state index contributed by atoms with van der Waals surface area (Å²) >= 11 is 3.69. The fourth-order valence-electron chi connectivity index (χ4n) is 4.51. The molecule has 0 saturated carbocycles. The quantitative estimate of drug-likeness (QED) is 0.663. The standard InChI is InChI=1S/C22H33BrN2O2/c1-17(26)25-10-3-4-19(16-25)9-13-24-11-7-18(8-12-24)14-20-15-21(27-2)5-6-22(20)23/h5-6,15,18-19H,3-4,7-14,16H2,1-2H3. The minimum absolute atomic E-state index is 0.240. The Morgan fingerprint density at radius 1 is 1.19 bits per heavy atom. The first kappa shape index (κ1) is 20.7. The monoisotopic (exact) mass is 436 g/mol. The van der Waals surface area contributed by atoms with Crippen LogP contribution < -0.4 is 4.74 Å². The summed E-state index contributed by atoms with van der Waals surface area (Å²) in [4.78, 5) is 16.3. The summed E-state index contributed by atoms with van der Waals surface area (Å²) in [5, 5.41) is 0. The predicted molar refractivity (Wildman–Crippen MR) is 113 cm³/mol. The zero-order valence-corrected chi connectivity index (χ0v) is 18.3. The normalized spacial score (nSPS) is 22.0. The molecule has 2 saturated heterocycles. The van der Waals surface area contributed by atoms with Crippen LogP contribution in [0.4, 0.5) is 0 Å². The van der Waals surface area contributed by atoms with Gasteiger partial charge in [-0.3, -0.25) is 4.79 Å². The minimum atomic E-state index is 0.240. The zero-order valence-electron chi connectivity index (χ0n) is 16.8. The Morgan fingerprint density at radius 2 is 1.96 bits per heavy atom. The Kier molecular flexibility index (Phi) is 7.59.